The highest BCUT2D eigenvalue weighted by Crippen LogP contribution is 2.37. The van der Waals surface area contributed by atoms with Crippen LogP contribution in [0.15, 0.2) is 130 Å². The molecule has 238 valence electrons. The van der Waals surface area contributed by atoms with Gasteiger partial charge < -0.3 is 9.30 Å². The molecule has 0 N–H and O–H groups in total. The van der Waals surface area contributed by atoms with Gasteiger partial charge in [-0.25, -0.2) is 9.79 Å². The molecule has 48 heavy (non-hydrogen) atoms. The summed E-state index contributed by atoms with van der Waals surface area (Å²) in [7, 11) is 0. The van der Waals surface area contributed by atoms with E-state index in [1.165, 1.54) is 34.8 Å². The Morgan fingerprint density at radius 3 is 2.29 bits per heavy atom. The molecule has 9 nitrogen and oxygen atoms in total. The molecule has 0 fully saturated rings. The van der Waals surface area contributed by atoms with Crippen molar-refractivity contribution in [3.63, 3.8) is 0 Å². The molecule has 1 aliphatic heterocycles. The van der Waals surface area contributed by atoms with Crippen molar-refractivity contribution >= 4 is 40.4 Å². The van der Waals surface area contributed by atoms with Crippen LogP contribution in [0.3, 0.4) is 0 Å². The lowest BCUT2D eigenvalue weighted by atomic mass is 10.0. The maximum Gasteiger partial charge on any atom is 0.338 e. The monoisotopic (exact) mass is 672 g/mol. The number of rotatable bonds is 8. The summed E-state index contributed by atoms with van der Waals surface area (Å²) >= 11 is 2.73. The van der Waals surface area contributed by atoms with Gasteiger partial charge in [0.25, 0.3) is 11.2 Å². The summed E-state index contributed by atoms with van der Waals surface area (Å²) in [6.45, 7) is 3.73. The predicted molar refractivity (Wildman–Crippen MR) is 188 cm³/mol. The summed E-state index contributed by atoms with van der Waals surface area (Å²) < 4.78 is 9.52. The van der Waals surface area contributed by atoms with Crippen LogP contribution in [-0.4, -0.2) is 26.6 Å². The van der Waals surface area contributed by atoms with Crippen LogP contribution in [-0.2, 0) is 9.53 Å². The number of carbonyl (C=O) groups is 1. The molecular weight excluding hydrogens is 645 g/mol. The van der Waals surface area contributed by atoms with E-state index in [4.69, 9.17) is 9.73 Å². The number of thiophene rings is 1. The van der Waals surface area contributed by atoms with E-state index in [1.807, 2.05) is 90.3 Å². The third-order valence-electron chi connectivity index (χ3n) is 8.08. The Morgan fingerprint density at radius 2 is 1.67 bits per heavy atom. The Bertz CT molecular complexity index is 2370. The summed E-state index contributed by atoms with van der Waals surface area (Å²) in [5.74, 6) is -0.495. The zero-order valence-corrected chi connectivity index (χ0v) is 27.5. The van der Waals surface area contributed by atoms with Crippen molar-refractivity contribution in [1.29, 1.82) is 0 Å². The molecule has 7 rings (SSSR count). The first-order chi connectivity index (χ1) is 23.4. The van der Waals surface area contributed by atoms with Gasteiger partial charge in [-0.15, -0.1) is 11.3 Å². The van der Waals surface area contributed by atoms with Crippen molar-refractivity contribution in [2.45, 2.75) is 19.9 Å². The van der Waals surface area contributed by atoms with Crippen molar-refractivity contribution in [3.05, 3.63) is 160 Å². The van der Waals surface area contributed by atoms with Gasteiger partial charge in [-0.2, -0.15) is 0 Å². The number of non-ortho nitro benzene ring substituents is 1. The Kier molecular flexibility index (Phi) is 8.30. The van der Waals surface area contributed by atoms with Crippen LogP contribution in [0, 0.1) is 10.1 Å². The average molecular weight is 673 g/mol. The number of nitrogens with zero attached hydrogens (tertiary/aromatic N) is 4. The maximum absolute atomic E-state index is 14.4. The Morgan fingerprint density at radius 1 is 0.979 bits per heavy atom. The molecule has 0 aliphatic carbocycles. The Labute approximate surface area is 282 Å². The molecule has 6 aromatic rings. The molecule has 0 saturated heterocycles. The number of nitro groups is 1. The maximum atomic E-state index is 14.4. The molecule has 1 aliphatic rings. The van der Waals surface area contributed by atoms with E-state index in [2.05, 4.69) is 4.57 Å². The van der Waals surface area contributed by atoms with Crippen molar-refractivity contribution < 1.29 is 14.5 Å². The molecule has 3 aromatic heterocycles. The fourth-order valence-electron chi connectivity index (χ4n) is 5.99. The minimum atomic E-state index is -0.666. The second-order valence-electron chi connectivity index (χ2n) is 11.0. The second-order valence-corrected chi connectivity index (χ2v) is 13.0. The zero-order valence-electron chi connectivity index (χ0n) is 25.9. The number of carbonyl (C=O) groups excluding carboxylic acids is 1. The molecule has 11 heteroatoms. The number of hydrogen-bond acceptors (Lipinski definition) is 8. The third kappa shape index (κ3) is 5.52. The molecule has 4 heterocycles. The molecule has 1 atom stereocenters. The molecule has 0 radical (unpaired) electrons. The number of fused-ring (bicyclic) bond motifs is 1. The van der Waals surface area contributed by atoms with Gasteiger partial charge in [-0.3, -0.25) is 19.5 Å². The summed E-state index contributed by atoms with van der Waals surface area (Å²) in [5, 5.41) is 13.4. The average Bonchev–Trinajstić information content (AvgIpc) is 3.84. The molecule has 3 aromatic carbocycles. The van der Waals surface area contributed by atoms with Crippen molar-refractivity contribution in [1.82, 2.24) is 9.13 Å². The van der Waals surface area contributed by atoms with Crippen molar-refractivity contribution in [3.8, 4) is 28.2 Å². The van der Waals surface area contributed by atoms with Gasteiger partial charge >= 0.3 is 5.97 Å². The molecule has 0 unspecified atom stereocenters. The topological polar surface area (TPSA) is 109 Å². The summed E-state index contributed by atoms with van der Waals surface area (Å²) in [6, 6.07) is 31.3. The van der Waals surface area contributed by atoms with Gasteiger partial charge in [0, 0.05) is 28.3 Å². The number of benzene rings is 3. The van der Waals surface area contributed by atoms with E-state index in [9.17, 15) is 19.7 Å². The highest BCUT2D eigenvalue weighted by Gasteiger charge is 2.34. The van der Waals surface area contributed by atoms with E-state index < -0.39 is 16.9 Å². The van der Waals surface area contributed by atoms with Crippen LogP contribution in [0.4, 0.5) is 5.69 Å². The number of aromatic nitrogens is 2. The van der Waals surface area contributed by atoms with E-state index in [0.29, 0.717) is 20.6 Å². The fraction of sp³-hybridized carbons (Fsp3) is 0.108. The summed E-state index contributed by atoms with van der Waals surface area (Å²) in [6.07, 6.45) is 1.87. The van der Waals surface area contributed by atoms with Gasteiger partial charge in [0.1, 0.15) is 6.04 Å². The quantitative estimate of drug-likeness (QED) is 0.0994. The fourth-order valence-corrected chi connectivity index (χ4v) is 7.85. The highest BCUT2D eigenvalue weighted by molar-refractivity contribution is 7.10. The minimum absolute atomic E-state index is 0.00691. The first-order valence-electron chi connectivity index (χ1n) is 15.2. The SMILES string of the molecule is CCOC(=O)C1=C(C)N=c2s/c(=C\c3cc(-c4ccccc4)n(-c4ccc([N+](=O)[O-])cc4)c3-c3ccccc3)c(=O)n2[C@H]1c1cccs1. The number of ether oxygens (including phenoxy) is 1. The Hall–Kier alpha value is -5.65. The van der Waals surface area contributed by atoms with Crippen LogP contribution in [0.25, 0.3) is 34.3 Å². The van der Waals surface area contributed by atoms with Gasteiger partial charge in [-0.1, -0.05) is 78.1 Å². The van der Waals surface area contributed by atoms with Crippen LogP contribution in [0.2, 0.25) is 0 Å². The number of hydrogen-bond donors (Lipinski definition) is 0. The molecular formula is C37H28N4O5S2. The first-order valence-corrected chi connectivity index (χ1v) is 16.9. The standard InChI is InChI=1S/C37H28N4O5S2/c1-3-46-36(43)32-23(2)38-37-40(34(32)30-15-10-20-47-30)35(42)31(48-37)22-26-21-29(24-11-6-4-7-12-24)39(33(26)25-13-8-5-9-14-25)27-16-18-28(19-17-27)41(44)45/h4-22,34H,3H2,1-2H3/b31-22-/t34-/m0/s1. The second kappa shape index (κ2) is 12.9. The van der Waals surface area contributed by atoms with Gasteiger partial charge in [0.2, 0.25) is 0 Å². The van der Waals surface area contributed by atoms with Crippen molar-refractivity contribution in [2.24, 2.45) is 4.99 Å². The van der Waals surface area contributed by atoms with E-state index in [1.54, 1.807) is 30.5 Å². The molecule has 0 bridgehead atoms. The van der Waals surface area contributed by atoms with E-state index in [-0.39, 0.29) is 17.9 Å². The number of thiazole rings is 1. The number of nitro benzene ring substituents is 1. The molecule has 0 saturated carbocycles. The van der Waals surface area contributed by atoms with Gasteiger partial charge in [-0.05, 0) is 60.7 Å². The van der Waals surface area contributed by atoms with Gasteiger partial charge in [0.05, 0.1) is 38.7 Å². The van der Waals surface area contributed by atoms with Crippen LogP contribution < -0.4 is 14.9 Å². The lowest BCUT2D eigenvalue weighted by Crippen LogP contribution is -2.39. The molecule has 0 spiro atoms. The van der Waals surface area contributed by atoms with Crippen LogP contribution in [0.5, 0.6) is 0 Å². The number of allylic oxidation sites excluding steroid dienone is 1. The first kappa shape index (κ1) is 31.0. The van der Waals surface area contributed by atoms with Crippen LogP contribution in [0.1, 0.15) is 30.3 Å². The predicted octanol–water partition coefficient (Wildman–Crippen LogP) is 6.89. The lowest BCUT2D eigenvalue weighted by molar-refractivity contribution is -0.384. The van der Waals surface area contributed by atoms with Crippen LogP contribution >= 0.6 is 22.7 Å². The van der Waals surface area contributed by atoms with Crippen molar-refractivity contribution in [2.75, 3.05) is 6.61 Å². The van der Waals surface area contributed by atoms with E-state index in [0.717, 1.165) is 38.6 Å². The number of esters is 1. The highest BCUT2D eigenvalue weighted by atomic mass is 32.1. The lowest BCUT2D eigenvalue weighted by Gasteiger charge is -2.23. The normalized spacial score (nSPS) is 14.5. The minimum Gasteiger partial charge on any atom is -0.463 e. The van der Waals surface area contributed by atoms with Gasteiger partial charge in [0.15, 0.2) is 4.80 Å². The smallest absolute Gasteiger partial charge is 0.338 e. The summed E-state index contributed by atoms with van der Waals surface area (Å²) in [4.78, 5) is 44.7. The van der Waals surface area contributed by atoms with E-state index >= 15 is 0 Å². The molecule has 0 amide bonds. The Balaban J connectivity index is 1.50. The third-order valence-corrected chi connectivity index (χ3v) is 9.99. The largest absolute Gasteiger partial charge is 0.463 e. The zero-order chi connectivity index (χ0) is 33.4. The summed E-state index contributed by atoms with van der Waals surface area (Å²) in [5.41, 5.74) is 5.58.